The Hall–Kier alpha value is -0.236. The Bertz CT molecular complexity index is 552. The van der Waals surface area contributed by atoms with E-state index in [0.717, 1.165) is 24.4 Å². The molecule has 0 heterocycles. The van der Waals surface area contributed by atoms with E-state index in [1.807, 2.05) is 13.0 Å². The second-order valence-corrected chi connectivity index (χ2v) is 20.3. The number of hydrogen-bond donors (Lipinski definition) is 0. The van der Waals surface area contributed by atoms with Crippen molar-refractivity contribution < 1.29 is 13.6 Å². The molecule has 0 spiro atoms. The maximum absolute atomic E-state index is 12.0. The third-order valence-electron chi connectivity index (χ3n) is 8.06. The second-order valence-electron chi connectivity index (χ2n) is 10.9. The van der Waals surface area contributed by atoms with Crippen LogP contribution in [0, 0.1) is 17.3 Å². The quantitative estimate of drug-likeness (QED) is 0.207. The summed E-state index contributed by atoms with van der Waals surface area (Å²) in [6.07, 6.45) is 2.87. The number of hydrogen-bond acceptors (Lipinski definition) is 3. The zero-order valence-electron chi connectivity index (χ0n) is 20.4. The van der Waals surface area contributed by atoms with Crippen LogP contribution in [0.2, 0.25) is 36.3 Å². The van der Waals surface area contributed by atoms with Crippen LogP contribution in [0.4, 0.5) is 0 Å². The van der Waals surface area contributed by atoms with E-state index in [0.29, 0.717) is 0 Å². The fourth-order valence-corrected chi connectivity index (χ4v) is 9.07. The molecule has 0 N–H and O–H groups in total. The standard InChI is InChI=1S/C23H46O3Si2/c1-13-19-22(9,10)23(19,26-28(14-2,15-3)16-4)20(18(5)17-24)25-27(11,12)21(6,7)8/h13,17-20H,1,14-16H2,2-12H3/t18-,19-,20-,23-/m1/s1. The first-order chi connectivity index (χ1) is 12.7. The molecule has 1 saturated carbocycles. The van der Waals surface area contributed by atoms with E-state index in [9.17, 15) is 4.79 Å². The van der Waals surface area contributed by atoms with Gasteiger partial charge in [0.05, 0.1) is 11.7 Å². The molecule has 28 heavy (non-hydrogen) atoms. The molecule has 5 heteroatoms. The van der Waals surface area contributed by atoms with Crippen LogP contribution in [0.1, 0.15) is 62.3 Å². The van der Waals surface area contributed by atoms with E-state index in [1.165, 1.54) is 0 Å². The molecular formula is C23H46O3Si2. The van der Waals surface area contributed by atoms with Crippen LogP contribution in [-0.4, -0.2) is 34.6 Å². The summed E-state index contributed by atoms with van der Waals surface area (Å²) >= 11 is 0. The van der Waals surface area contributed by atoms with Gasteiger partial charge in [0.1, 0.15) is 6.29 Å². The largest absolute Gasteiger partial charge is 0.410 e. The van der Waals surface area contributed by atoms with Gasteiger partial charge in [0.2, 0.25) is 0 Å². The SMILES string of the molecule is C=C[C@@H]1C(C)(C)[C@]1(O[Si](CC)(CC)CC)[C@H](O[Si](C)(C)C(C)(C)C)[C@H](C)C=O. The van der Waals surface area contributed by atoms with Gasteiger partial charge in [-0.1, -0.05) is 68.4 Å². The second kappa shape index (κ2) is 8.48. The molecule has 0 aromatic carbocycles. The summed E-state index contributed by atoms with van der Waals surface area (Å²) in [5.41, 5.74) is -0.546. The van der Waals surface area contributed by atoms with Gasteiger partial charge in [0, 0.05) is 17.3 Å². The number of aldehydes is 1. The zero-order chi connectivity index (χ0) is 22.2. The number of carbonyl (C=O) groups excluding carboxylic acids is 1. The molecule has 0 aromatic rings. The highest BCUT2D eigenvalue weighted by molar-refractivity contribution is 6.74. The first-order valence-electron chi connectivity index (χ1n) is 11.1. The van der Waals surface area contributed by atoms with Gasteiger partial charge < -0.3 is 13.6 Å². The van der Waals surface area contributed by atoms with Crippen molar-refractivity contribution >= 4 is 22.9 Å². The van der Waals surface area contributed by atoms with Gasteiger partial charge >= 0.3 is 0 Å². The number of carbonyl (C=O) groups is 1. The van der Waals surface area contributed by atoms with Gasteiger partial charge in [-0.25, -0.2) is 0 Å². The normalized spacial score (nSPS) is 27.2. The van der Waals surface area contributed by atoms with Gasteiger partial charge in [0.25, 0.3) is 0 Å². The van der Waals surface area contributed by atoms with E-state index in [1.54, 1.807) is 0 Å². The van der Waals surface area contributed by atoms with Crippen molar-refractivity contribution in [2.24, 2.45) is 17.3 Å². The summed E-state index contributed by atoms with van der Waals surface area (Å²) in [6.45, 7) is 28.7. The molecule has 0 amide bonds. The summed E-state index contributed by atoms with van der Waals surface area (Å²) in [5, 5.41) is 0.0759. The van der Waals surface area contributed by atoms with Crippen LogP contribution in [-0.2, 0) is 13.6 Å². The minimum Gasteiger partial charge on any atom is -0.410 e. The van der Waals surface area contributed by atoms with E-state index in [2.05, 4.69) is 75.1 Å². The Morgan fingerprint density at radius 3 is 1.86 bits per heavy atom. The monoisotopic (exact) mass is 426 g/mol. The molecule has 0 saturated heterocycles. The maximum Gasteiger partial charge on any atom is 0.193 e. The Morgan fingerprint density at radius 2 is 1.57 bits per heavy atom. The fraction of sp³-hybridized carbons (Fsp3) is 0.870. The van der Waals surface area contributed by atoms with E-state index in [4.69, 9.17) is 8.85 Å². The third kappa shape index (κ3) is 4.14. The van der Waals surface area contributed by atoms with Gasteiger partial charge in [-0.05, 0) is 36.3 Å². The Morgan fingerprint density at radius 1 is 1.11 bits per heavy atom. The molecule has 1 fully saturated rings. The van der Waals surface area contributed by atoms with Crippen molar-refractivity contribution in [2.75, 3.05) is 0 Å². The van der Waals surface area contributed by atoms with Crippen molar-refractivity contribution in [1.29, 1.82) is 0 Å². The van der Waals surface area contributed by atoms with Gasteiger partial charge in [-0.3, -0.25) is 0 Å². The highest BCUT2D eigenvalue weighted by Gasteiger charge is 2.77. The molecule has 4 atom stereocenters. The third-order valence-corrected chi connectivity index (χ3v) is 17.2. The summed E-state index contributed by atoms with van der Waals surface area (Å²) in [6, 6.07) is 3.26. The Labute approximate surface area is 176 Å². The molecule has 0 radical (unpaired) electrons. The lowest BCUT2D eigenvalue weighted by atomic mass is 9.93. The molecule has 3 nitrogen and oxygen atoms in total. The van der Waals surface area contributed by atoms with Gasteiger partial charge in [-0.15, -0.1) is 6.58 Å². The van der Waals surface area contributed by atoms with Crippen LogP contribution in [0.25, 0.3) is 0 Å². The van der Waals surface area contributed by atoms with Crippen molar-refractivity contribution in [2.45, 2.75) is 110 Å². The van der Waals surface area contributed by atoms with Crippen LogP contribution in [0.3, 0.4) is 0 Å². The van der Waals surface area contributed by atoms with Crippen molar-refractivity contribution in [3.05, 3.63) is 12.7 Å². The van der Waals surface area contributed by atoms with Gasteiger partial charge in [0.15, 0.2) is 16.6 Å². The zero-order valence-corrected chi connectivity index (χ0v) is 22.4. The van der Waals surface area contributed by atoms with Crippen molar-refractivity contribution in [3.8, 4) is 0 Å². The molecule has 1 aliphatic carbocycles. The molecule has 1 rings (SSSR count). The average molecular weight is 427 g/mol. The lowest BCUT2D eigenvalue weighted by molar-refractivity contribution is -0.118. The number of rotatable bonds is 11. The molecule has 1 aliphatic rings. The van der Waals surface area contributed by atoms with Crippen LogP contribution < -0.4 is 0 Å². The minimum absolute atomic E-state index is 0.0759. The smallest absolute Gasteiger partial charge is 0.193 e. The van der Waals surface area contributed by atoms with Crippen molar-refractivity contribution in [3.63, 3.8) is 0 Å². The molecule has 0 aliphatic heterocycles. The average Bonchev–Trinajstić information content (AvgIpc) is 3.09. The lowest BCUT2D eigenvalue weighted by Gasteiger charge is -2.46. The van der Waals surface area contributed by atoms with Crippen LogP contribution >= 0.6 is 0 Å². The highest BCUT2D eigenvalue weighted by atomic mass is 28.4. The molecule has 0 bridgehead atoms. The van der Waals surface area contributed by atoms with E-state index in [-0.39, 0.29) is 28.4 Å². The van der Waals surface area contributed by atoms with E-state index < -0.39 is 22.2 Å². The predicted molar refractivity (Wildman–Crippen MR) is 126 cm³/mol. The maximum atomic E-state index is 12.0. The molecule has 0 unspecified atom stereocenters. The first kappa shape index (κ1) is 25.8. The molecular weight excluding hydrogens is 380 g/mol. The summed E-state index contributed by atoms with van der Waals surface area (Å²) in [4.78, 5) is 12.0. The Kier molecular flexibility index (Phi) is 7.82. The summed E-state index contributed by atoms with van der Waals surface area (Å²) < 4.78 is 14.2. The predicted octanol–water partition coefficient (Wildman–Crippen LogP) is 6.81. The van der Waals surface area contributed by atoms with Crippen LogP contribution in [0.15, 0.2) is 12.7 Å². The topological polar surface area (TPSA) is 35.5 Å². The highest BCUT2D eigenvalue weighted by Crippen LogP contribution is 2.69. The van der Waals surface area contributed by atoms with Crippen LogP contribution in [0.5, 0.6) is 0 Å². The Balaban J connectivity index is 3.56. The molecule has 0 aromatic heterocycles. The summed E-state index contributed by atoms with van der Waals surface area (Å²) in [7, 11) is -3.99. The molecule has 164 valence electrons. The van der Waals surface area contributed by atoms with E-state index >= 15 is 0 Å². The summed E-state index contributed by atoms with van der Waals surface area (Å²) in [5.74, 6) is -0.00990. The first-order valence-corrected chi connectivity index (χ1v) is 16.6. The minimum atomic E-state index is -2.09. The van der Waals surface area contributed by atoms with Crippen molar-refractivity contribution in [1.82, 2.24) is 0 Å². The van der Waals surface area contributed by atoms with Gasteiger partial charge in [-0.2, -0.15) is 0 Å². The fourth-order valence-electron chi connectivity index (χ4n) is 4.54. The lowest BCUT2D eigenvalue weighted by Crippen LogP contribution is -2.56.